The molecule has 1 aliphatic rings. The number of aryl methyl sites for hydroxylation is 1. The predicted octanol–water partition coefficient (Wildman–Crippen LogP) is 3.34. The third-order valence-corrected chi connectivity index (χ3v) is 4.72. The summed E-state index contributed by atoms with van der Waals surface area (Å²) in [7, 11) is 0. The Morgan fingerprint density at radius 1 is 1.45 bits per heavy atom. The monoisotopic (exact) mass is 306 g/mol. The summed E-state index contributed by atoms with van der Waals surface area (Å²) in [6, 6.07) is 4.97. The minimum Gasteiger partial charge on any atom is -0.350 e. The molecule has 1 amide bonds. The smallest absolute Gasteiger partial charge is 0.220 e. The van der Waals surface area contributed by atoms with E-state index in [0.29, 0.717) is 23.8 Å². The van der Waals surface area contributed by atoms with Gasteiger partial charge in [-0.15, -0.1) is 0 Å². The van der Waals surface area contributed by atoms with E-state index in [1.807, 2.05) is 13.0 Å². The highest BCUT2D eigenvalue weighted by Gasteiger charge is 2.22. The van der Waals surface area contributed by atoms with Crippen LogP contribution < -0.4 is 10.6 Å². The number of halogens is 1. The highest BCUT2D eigenvalue weighted by Crippen LogP contribution is 2.23. The van der Waals surface area contributed by atoms with Gasteiger partial charge in [0.1, 0.15) is 5.82 Å². The molecule has 1 saturated heterocycles. The van der Waals surface area contributed by atoms with Crippen LogP contribution in [0.2, 0.25) is 0 Å². The molecule has 0 saturated carbocycles. The van der Waals surface area contributed by atoms with Crippen LogP contribution in [0.4, 0.5) is 4.39 Å². The van der Waals surface area contributed by atoms with Crippen LogP contribution in [0, 0.1) is 24.6 Å². The number of hydrogen-bond donors (Lipinski definition) is 2. The lowest BCUT2D eigenvalue weighted by Crippen LogP contribution is -2.36. The van der Waals surface area contributed by atoms with Gasteiger partial charge in [0.05, 0.1) is 6.04 Å². The Morgan fingerprint density at radius 3 is 2.86 bits per heavy atom. The number of hydrogen-bond acceptors (Lipinski definition) is 2. The van der Waals surface area contributed by atoms with Crippen molar-refractivity contribution in [2.45, 2.75) is 46.1 Å². The average molecular weight is 306 g/mol. The van der Waals surface area contributed by atoms with Gasteiger partial charge >= 0.3 is 0 Å². The van der Waals surface area contributed by atoms with Crippen LogP contribution in [0.3, 0.4) is 0 Å². The maximum Gasteiger partial charge on any atom is 0.220 e. The lowest BCUT2D eigenvalue weighted by atomic mass is 9.85. The summed E-state index contributed by atoms with van der Waals surface area (Å²) in [5.74, 6) is 0.771. The second-order valence-electron chi connectivity index (χ2n) is 6.59. The van der Waals surface area contributed by atoms with Gasteiger partial charge in [-0.3, -0.25) is 4.79 Å². The molecule has 1 fully saturated rings. The van der Waals surface area contributed by atoms with Crippen molar-refractivity contribution in [3.8, 4) is 0 Å². The fraction of sp³-hybridized carbons (Fsp3) is 0.611. The number of rotatable bonds is 5. The first-order valence-corrected chi connectivity index (χ1v) is 8.23. The van der Waals surface area contributed by atoms with Gasteiger partial charge in [-0.1, -0.05) is 19.1 Å². The van der Waals surface area contributed by atoms with Crippen LogP contribution in [0.1, 0.15) is 50.3 Å². The summed E-state index contributed by atoms with van der Waals surface area (Å²) in [4.78, 5) is 12.2. The van der Waals surface area contributed by atoms with Crippen LogP contribution in [-0.2, 0) is 4.79 Å². The van der Waals surface area contributed by atoms with Crippen molar-refractivity contribution in [3.05, 3.63) is 35.1 Å². The lowest BCUT2D eigenvalue weighted by molar-refractivity contribution is -0.123. The SMILES string of the molecule is Cc1ccc(C(C)NC(=O)CC(C)C2CCCNC2)cc1F. The molecule has 3 nitrogen and oxygen atoms in total. The Labute approximate surface area is 132 Å². The van der Waals surface area contributed by atoms with E-state index in [9.17, 15) is 9.18 Å². The number of nitrogens with one attached hydrogen (secondary N) is 2. The molecule has 3 unspecified atom stereocenters. The number of piperidine rings is 1. The second kappa shape index (κ2) is 7.73. The van der Waals surface area contributed by atoms with E-state index in [4.69, 9.17) is 0 Å². The molecule has 2 rings (SSSR count). The highest BCUT2D eigenvalue weighted by atomic mass is 19.1. The molecule has 1 aliphatic heterocycles. The van der Waals surface area contributed by atoms with Gasteiger partial charge in [0.15, 0.2) is 0 Å². The minimum atomic E-state index is -0.222. The quantitative estimate of drug-likeness (QED) is 0.876. The van der Waals surface area contributed by atoms with Crippen molar-refractivity contribution < 1.29 is 9.18 Å². The summed E-state index contributed by atoms with van der Waals surface area (Å²) in [5, 5.41) is 6.38. The second-order valence-corrected chi connectivity index (χ2v) is 6.59. The lowest BCUT2D eigenvalue weighted by Gasteiger charge is -2.28. The number of amides is 1. The highest BCUT2D eigenvalue weighted by molar-refractivity contribution is 5.76. The molecule has 1 aromatic carbocycles. The van der Waals surface area contributed by atoms with Gasteiger partial charge < -0.3 is 10.6 Å². The van der Waals surface area contributed by atoms with Crippen LogP contribution in [0.25, 0.3) is 0 Å². The molecule has 122 valence electrons. The van der Waals surface area contributed by atoms with E-state index < -0.39 is 0 Å². The van der Waals surface area contributed by atoms with Gasteiger partial charge in [-0.05, 0) is 68.8 Å². The fourth-order valence-electron chi connectivity index (χ4n) is 3.09. The zero-order valence-electron chi connectivity index (χ0n) is 13.8. The summed E-state index contributed by atoms with van der Waals surface area (Å²) in [6.07, 6.45) is 2.92. The summed E-state index contributed by atoms with van der Waals surface area (Å²) in [6.45, 7) is 7.88. The first-order chi connectivity index (χ1) is 10.5. The molecular weight excluding hydrogens is 279 g/mol. The van der Waals surface area contributed by atoms with Crippen LogP contribution in [-0.4, -0.2) is 19.0 Å². The first-order valence-electron chi connectivity index (χ1n) is 8.23. The Kier molecular flexibility index (Phi) is 5.95. The topological polar surface area (TPSA) is 41.1 Å². The number of carbonyl (C=O) groups is 1. The summed E-state index contributed by atoms with van der Waals surface area (Å²) in [5.41, 5.74) is 1.43. The van der Waals surface area contributed by atoms with Crippen LogP contribution in [0.5, 0.6) is 0 Å². The third-order valence-electron chi connectivity index (χ3n) is 4.72. The molecule has 1 aromatic rings. The standard InChI is InChI=1S/C18H27FN2O/c1-12-6-7-15(10-17(12)19)14(3)21-18(22)9-13(2)16-5-4-8-20-11-16/h6-7,10,13-14,16,20H,4-5,8-9,11H2,1-3H3,(H,21,22). The van der Waals surface area contributed by atoms with E-state index in [0.717, 1.165) is 18.7 Å². The Bertz CT molecular complexity index is 512. The molecular formula is C18H27FN2O. The van der Waals surface area contributed by atoms with Crippen LogP contribution in [0.15, 0.2) is 18.2 Å². The van der Waals surface area contributed by atoms with E-state index in [2.05, 4.69) is 17.6 Å². The largest absolute Gasteiger partial charge is 0.350 e. The van der Waals surface area contributed by atoms with Gasteiger partial charge in [0, 0.05) is 6.42 Å². The van der Waals surface area contributed by atoms with E-state index in [-0.39, 0.29) is 17.8 Å². The van der Waals surface area contributed by atoms with E-state index >= 15 is 0 Å². The zero-order chi connectivity index (χ0) is 16.1. The molecule has 0 radical (unpaired) electrons. The van der Waals surface area contributed by atoms with Crippen molar-refractivity contribution in [1.82, 2.24) is 10.6 Å². The molecule has 0 spiro atoms. The molecule has 0 aliphatic carbocycles. The van der Waals surface area contributed by atoms with Crippen molar-refractivity contribution in [2.24, 2.45) is 11.8 Å². The van der Waals surface area contributed by atoms with Gasteiger partial charge in [-0.2, -0.15) is 0 Å². The van der Waals surface area contributed by atoms with Crippen molar-refractivity contribution >= 4 is 5.91 Å². The molecule has 22 heavy (non-hydrogen) atoms. The third kappa shape index (κ3) is 4.54. The maximum atomic E-state index is 13.6. The maximum absolute atomic E-state index is 13.6. The number of carbonyl (C=O) groups excluding carboxylic acids is 1. The van der Waals surface area contributed by atoms with E-state index in [1.54, 1.807) is 13.0 Å². The van der Waals surface area contributed by atoms with Gasteiger partial charge in [-0.25, -0.2) is 4.39 Å². The zero-order valence-corrected chi connectivity index (χ0v) is 13.8. The molecule has 1 heterocycles. The molecule has 4 heteroatoms. The normalized spacial score (nSPS) is 21.2. The fourth-order valence-corrected chi connectivity index (χ4v) is 3.09. The summed E-state index contributed by atoms with van der Waals surface area (Å²) >= 11 is 0. The van der Waals surface area contributed by atoms with Crippen molar-refractivity contribution in [1.29, 1.82) is 0 Å². The Balaban J connectivity index is 1.86. The average Bonchev–Trinajstić information content (AvgIpc) is 2.50. The van der Waals surface area contributed by atoms with Crippen LogP contribution >= 0.6 is 0 Å². The molecule has 0 aromatic heterocycles. The summed E-state index contributed by atoms with van der Waals surface area (Å²) < 4.78 is 13.6. The Hall–Kier alpha value is -1.42. The predicted molar refractivity (Wildman–Crippen MR) is 87.1 cm³/mol. The molecule has 2 N–H and O–H groups in total. The first kappa shape index (κ1) is 16.9. The minimum absolute atomic E-state index is 0.0477. The van der Waals surface area contributed by atoms with Crippen molar-refractivity contribution in [3.63, 3.8) is 0 Å². The van der Waals surface area contributed by atoms with Gasteiger partial charge in [0.2, 0.25) is 5.91 Å². The molecule has 3 atom stereocenters. The van der Waals surface area contributed by atoms with Gasteiger partial charge in [0.25, 0.3) is 0 Å². The Morgan fingerprint density at radius 2 is 2.23 bits per heavy atom. The molecule has 0 bridgehead atoms. The van der Waals surface area contributed by atoms with Crippen molar-refractivity contribution in [2.75, 3.05) is 13.1 Å². The van der Waals surface area contributed by atoms with E-state index in [1.165, 1.54) is 18.9 Å². The number of benzene rings is 1.